The van der Waals surface area contributed by atoms with Crippen LogP contribution in [0.5, 0.6) is 0 Å². The van der Waals surface area contributed by atoms with E-state index < -0.39 is 24.2 Å². The maximum Gasteiger partial charge on any atom is 0.393 e. The van der Waals surface area contributed by atoms with Gasteiger partial charge in [-0.25, -0.2) is 9.78 Å². The van der Waals surface area contributed by atoms with E-state index in [1.54, 1.807) is 24.4 Å². The zero-order chi connectivity index (χ0) is 17.9. The van der Waals surface area contributed by atoms with Crippen molar-refractivity contribution in [2.24, 2.45) is 5.92 Å². The zero-order valence-electron chi connectivity index (χ0n) is 13.3. The predicted octanol–water partition coefficient (Wildman–Crippen LogP) is 5.05. The number of thiazole rings is 1. The second-order valence-corrected chi connectivity index (χ2v) is 6.95. The number of halogens is 3. The van der Waals surface area contributed by atoms with Gasteiger partial charge in [-0.3, -0.25) is 0 Å². The third kappa shape index (κ3) is 4.50. The third-order valence-electron chi connectivity index (χ3n) is 4.30. The monoisotopic (exact) mass is 369 g/mol. The summed E-state index contributed by atoms with van der Waals surface area (Å²) >= 11 is 1.47. The first-order valence-electron chi connectivity index (χ1n) is 8.07. The molecule has 2 amide bonds. The van der Waals surface area contributed by atoms with Gasteiger partial charge in [0.05, 0.1) is 5.92 Å². The average Bonchev–Trinajstić information content (AvgIpc) is 3.09. The molecule has 1 saturated carbocycles. The van der Waals surface area contributed by atoms with Gasteiger partial charge in [0.25, 0.3) is 0 Å². The highest BCUT2D eigenvalue weighted by Gasteiger charge is 2.45. The molecule has 134 valence electrons. The normalized spacial score (nSPS) is 20.9. The maximum atomic E-state index is 13.1. The van der Waals surface area contributed by atoms with Crippen LogP contribution in [0.4, 0.5) is 23.7 Å². The van der Waals surface area contributed by atoms with E-state index >= 15 is 0 Å². The number of amides is 2. The number of anilines is 1. The largest absolute Gasteiger partial charge is 0.393 e. The Kier molecular flexibility index (Phi) is 5.27. The molecule has 0 saturated heterocycles. The van der Waals surface area contributed by atoms with Crippen LogP contribution in [0, 0.1) is 5.92 Å². The molecule has 0 unspecified atom stereocenters. The van der Waals surface area contributed by atoms with Crippen LogP contribution in [0.3, 0.4) is 0 Å². The Balaban J connectivity index is 1.65. The Morgan fingerprint density at radius 1 is 1.24 bits per heavy atom. The zero-order valence-corrected chi connectivity index (χ0v) is 14.2. The summed E-state index contributed by atoms with van der Waals surface area (Å²) in [5.41, 5.74) is 1.36. The lowest BCUT2D eigenvalue weighted by atomic mass is 9.84. The predicted molar refractivity (Wildman–Crippen MR) is 91.5 cm³/mol. The summed E-state index contributed by atoms with van der Waals surface area (Å²) < 4.78 is 39.3. The van der Waals surface area contributed by atoms with Crippen LogP contribution in [0.15, 0.2) is 35.8 Å². The lowest BCUT2D eigenvalue weighted by molar-refractivity contribution is -0.187. The molecule has 0 radical (unpaired) electrons. The summed E-state index contributed by atoms with van der Waals surface area (Å²) in [6.07, 6.45) is -0.960. The quantitative estimate of drug-likeness (QED) is 0.795. The molecule has 8 heteroatoms. The van der Waals surface area contributed by atoms with Crippen molar-refractivity contribution in [2.75, 3.05) is 5.32 Å². The van der Waals surface area contributed by atoms with Crippen LogP contribution < -0.4 is 10.6 Å². The van der Waals surface area contributed by atoms with Crippen LogP contribution in [-0.4, -0.2) is 23.2 Å². The summed E-state index contributed by atoms with van der Waals surface area (Å²) in [7, 11) is 0. The Morgan fingerprint density at radius 3 is 2.76 bits per heavy atom. The lowest BCUT2D eigenvalue weighted by Gasteiger charge is -2.33. The van der Waals surface area contributed by atoms with Crippen LogP contribution in [0.25, 0.3) is 10.6 Å². The van der Waals surface area contributed by atoms with E-state index in [0.29, 0.717) is 24.9 Å². The Labute approximate surface area is 147 Å². The van der Waals surface area contributed by atoms with Gasteiger partial charge in [-0.15, -0.1) is 11.3 Å². The Bertz CT molecular complexity index is 718. The van der Waals surface area contributed by atoms with Gasteiger partial charge < -0.3 is 10.6 Å². The van der Waals surface area contributed by atoms with E-state index in [-0.39, 0.29) is 6.42 Å². The van der Waals surface area contributed by atoms with Gasteiger partial charge in [-0.2, -0.15) is 13.2 Å². The van der Waals surface area contributed by atoms with Crippen LogP contribution in [0.2, 0.25) is 0 Å². The van der Waals surface area contributed by atoms with Crippen molar-refractivity contribution in [1.29, 1.82) is 0 Å². The number of alkyl halides is 3. The summed E-state index contributed by atoms with van der Waals surface area (Å²) in [4.78, 5) is 16.4. The minimum Gasteiger partial charge on any atom is -0.335 e. The first kappa shape index (κ1) is 17.7. The van der Waals surface area contributed by atoms with Crippen molar-refractivity contribution < 1.29 is 18.0 Å². The molecule has 1 heterocycles. The van der Waals surface area contributed by atoms with E-state index in [2.05, 4.69) is 15.6 Å². The van der Waals surface area contributed by atoms with Crippen LogP contribution in [-0.2, 0) is 0 Å². The van der Waals surface area contributed by atoms with Gasteiger partial charge in [-0.05, 0) is 25.0 Å². The van der Waals surface area contributed by atoms with Crippen molar-refractivity contribution in [1.82, 2.24) is 10.3 Å². The van der Waals surface area contributed by atoms with Crippen LogP contribution in [0.1, 0.15) is 25.7 Å². The van der Waals surface area contributed by atoms with E-state index in [4.69, 9.17) is 0 Å². The molecular weight excluding hydrogens is 351 g/mol. The molecule has 0 bridgehead atoms. The van der Waals surface area contributed by atoms with Gasteiger partial charge in [0.15, 0.2) is 0 Å². The number of urea groups is 1. The molecule has 1 aromatic carbocycles. The first-order valence-corrected chi connectivity index (χ1v) is 8.95. The molecule has 2 N–H and O–H groups in total. The van der Waals surface area contributed by atoms with Crippen molar-refractivity contribution >= 4 is 23.1 Å². The number of hydrogen-bond acceptors (Lipinski definition) is 3. The van der Waals surface area contributed by atoms with Crippen molar-refractivity contribution in [3.8, 4) is 10.6 Å². The number of carbonyl (C=O) groups excluding carboxylic acids is 1. The van der Waals surface area contributed by atoms with E-state index in [0.717, 1.165) is 10.6 Å². The van der Waals surface area contributed by atoms with Gasteiger partial charge in [0.2, 0.25) is 0 Å². The number of rotatable bonds is 3. The highest BCUT2D eigenvalue weighted by atomic mass is 32.1. The fourth-order valence-electron chi connectivity index (χ4n) is 3.13. The summed E-state index contributed by atoms with van der Waals surface area (Å²) in [6.45, 7) is 0. The van der Waals surface area contributed by atoms with Gasteiger partial charge in [0.1, 0.15) is 5.01 Å². The number of carbonyl (C=O) groups is 1. The first-order chi connectivity index (χ1) is 11.9. The second kappa shape index (κ2) is 7.43. The smallest absolute Gasteiger partial charge is 0.335 e. The Hall–Kier alpha value is -2.09. The molecule has 1 aliphatic carbocycles. The number of benzene rings is 1. The maximum absolute atomic E-state index is 13.1. The molecule has 1 aliphatic rings. The highest BCUT2D eigenvalue weighted by Crippen LogP contribution is 2.37. The molecule has 1 aromatic heterocycles. The van der Waals surface area contributed by atoms with E-state index in [1.807, 2.05) is 11.4 Å². The molecule has 2 atom stereocenters. The summed E-state index contributed by atoms with van der Waals surface area (Å²) in [5, 5.41) is 7.78. The highest BCUT2D eigenvalue weighted by molar-refractivity contribution is 7.13. The topological polar surface area (TPSA) is 54.0 Å². The number of nitrogens with one attached hydrogen (secondary N) is 2. The van der Waals surface area contributed by atoms with E-state index in [9.17, 15) is 18.0 Å². The van der Waals surface area contributed by atoms with Gasteiger partial charge in [-0.1, -0.05) is 25.0 Å². The molecule has 25 heavy (non-hydrogen) atoms. The summed E-state index contributed by atoms with van der Waals surface area (Å²) in [5.74, 6) is -1.48. The molecule has 0 aliphatic heterocycles. The second-order valence-electron chi connectivity index (χ2n) is 6.06. The SMILES string of the molecule is O=C(Nc1cccc(-c2nccs2)c1)N[C@H]1CCCC[C@H]1C(F)(F)F. The van der Waals surface area contributed by atoms with Crippen molar-refractivity contribution in [2.45, 2.75) is 37.9 Å². The summed E-state index contributed by atoms with van der Waals surface area (Å²) in [6, 6.07) is 5.58. The van der Waals surface area contributed by atoms with E-state index in [1.165, 1.54) is 11.3 Å². The molecule has 1 fully saturated rings. The standard InChI is InChI=1S/C17H18F3N3OS/c18-17(19,20)13-6-1-2-7-14(13)23-16(24)22-12-5-3-4-11(10-12)15-21-8-9-25-15/h3-5,8-10,13-14H,1-2,6-7H2,(H2,22,23,24)/t13-,14+/m1/s1. The molecule has 3 rings (SSSR count). The third-order valence-corrected chi connectivity index (χ3v) is 5.12. The van der Waals surface area contributed by atoms with Crippen LogP contribution >= 0.6 is 11.3 Å². The fourth-order valence-corrected chi connectivity index (χ4v) is 3.76. The minimum absolute atomic E-state index is 0.0635. The number of hydrogen-bond donors (Lipinski definition) is 2. The number of aromatic nitrogens is 1. The minimum atomic E-state index is -4.29. The molecule has 2 aromatic rings. The van der Waals surface area contributed by atoms with Gasteiger partial charge in [0, 0.05) is 28.9 Å². The molecule has 0 spiro atoms. The fraction of sp³-hybridized carbons (Fsp3) is 0.412. The van der Waals surface area contributed by atoms with Gasteiger partial charge >= 0.3 is 12.2 Å². The average molecular weight is 369 g/mol. The molecular formula is C17H18F3N3OS. The molecule has 4 nitrogen and oxygen atoms in total. The van der Waals surface area contributed by atoms with Crippen molar-refractivity contribution in [3.63, 3.8) is 0 Å². The lowest BCUT2D eigenvalue weighted by Crippen LogP contribution is -2.48. The van der Waals surface area contributed by atoms with Crippen molar-refractivity contribution in [3.05, 3.63) is 35.8 Å². The number of nitrogens with zero attached hydrogens (tertiary/aromatic N) is 1. The Morgan fingerprint density at radius 2 is 2.04 bits per heavy atom.